The van der Waals surface area contributed by atoms with Crippen LogP contribution in [0.25, 0.3) is 0 Å². The first-order valence-electron chi connectivity index (χ1n) is 7.49. The normalized spacial score (nSPS) is 13.0. The number of carbonyl (C=O) groups is 2. The molecule has 0 unspecified atom stereocenters. The van der Waals surface area contributed by atoms with Gasteiger partial charge in [0.2, 0.25) is 0 Å². The van der Waals surface area contributed by atoms with Crippen molar-refractivity contribution in [2.45, 2.75) is 39.3 Å². The molecule has 1 amide bonds. The second-order valence-corrected chi connectivity index (χ2v) is 6.63. The molecule has 1 aromatic heterocycles. The Labute approximate surface area is 131 Å². The number of nitrogens with zero attached hydrogens (tertiary/aromatic N) is 3. The number of aliphatic carboxylic acids is 1. The number of carboxylic acid groups (broad SMARTS) is 1. The molecular weight excluding hydrogens is 284 g/mol. The van der Waals surface area contributed by atoms with Crippen LogP contribution >= 0.6 is 0 Å². The maximum absolute atomic E-state index is 12.4. The minimum Gasteiger partial charge on any atom is -0.481 e. The number of likely N-dealkylation sites (N-methyl/N-ethyl adjacent to an activating group) is 1. The highest BCUT2D eigenvalue weighted by molar-refractivity contribution is 5.95. The number of aromatic nitrogens is 2. The first-order valence-corrected chi connectivity index (χ1v) is 7.49. The molecule has 0 bridgehead atoms. The largest absolute Gasteiger partial charge is 0.481 e. The molecular formula is C15H27N4O3+. The predicted octanol–water partition coefficient (Wildman–Crippen LogP) is 0.881. The van der Waals surface area contributed by atoms with Gasteiger partial charge in [0.05, 0.1) is 51.4 Å². The molecule has 0 spiro atoms. The van der Waals surface area contributed by atoms with Crippen molar-refractivity contribution in [2.24, 2.45) is 0 Å². The van der Waals surface area contributed by atoms with Crippen LogP contribution in [-0.2, 0) is 11.3 Å². The van der Waals surface area contributed by atoms with E-state index in [1.54, 1.807) is 17.8 Å². The SMILES string of the molecule is CCCn1cc(C(=O)N[C@H](CC(=O)O)C[N+](C)(C)C)c(C)n1. The van der Waals surface area contributed by atoms with Crippen LogP contribution in [0.15, 0.2) is 6.20 Å². The van der Waals surface area contributed by atoms with Crippen molar-refractivity contribution < 1.29 is 19.2 Å². The average molecular weight is 311 g/mol. The van der Waals surface area contributed by atoms with E-state index in [0.29, 0.717) is 22.3 Å². The van der Waals surface area contributed by atoms with Gasteiger partial charge in [-0.3, -0.25) is 14.3 Å². The molecule has 0 aromatic carbocycles. The fourth-order valence-corrected chi connectivity index (χ4v) is 2.38. The van der Waals surface area contributed by atoms with Crippen LogP contribution in [0.2, 0.25) is 0 Å². The zero-order valence-electron chi connectivity index (χ0n) is 14.1. The Morgan fingerprint density at radius 3 is 2.55 bits per heavy atom. The molecule has 22 heavy (non-hydrogen) atoms. The van der Waals surface area contributed by atoms with E-state index in [0.717, 1.165) is 13.0 Å². The van der Waals surface area contributed by atoms with Crippen molar-refractivity contribution in [3.8, 4) is 0 Å². The Hall–Kier alpha value is -1.89. The zero-order valence-corrected chi connectivity index (χ0v) is 14.1. The molecule has 0 saturated heterocycles. The monoisotopic (exact) mass is 311 g/mol. The topological polar surface area (TPSA) is 84.2 Å². The predicted molar refractivity (Wildman–Crippen MR) is 83.7 cm³/mol. The molecule has 2 N–H and O–H groups in total. The van der Waals surface area contributed by atoms with Gasteiger partial charge in [-0.1, -0.05) is 6.92 Å². The summed E-state index contributed by atoms with van der Waals surface area (Å²) in [5, 5.41) is 16.1. The summed E-state index contributed by atoms with van der Waals surface area (Å²) in [5.74, 6) is -1.18. The summed E-state index contributed by atoms with van der Waals surface area (Å²) in [7, 11) is 5.89. The second kappa shape index (κ2) is 7.40. The van der Waals surface area contributed by atoms with E-state index in [1.165, 1.54) is 0 Å². The fraction of sp³-hybridized carbons (Fsp3) is 0.667. The van der Waals surface area contributed by atoms with Crippen LogP contribution < -0.4 is 5.32 Å². The van der Waals surface area contributed by atoms with Gasteiger partial charge in [-0.2, -0.15) is 5.10 Å². The lowest BCUT2D eigenvalue weighted by atomic mass is 10.1. The molecule has 124 valence electrons. The number of nitrogens with one attached hydrogen (secondary N) is 1. The van der Waals surface area contributed by atoms with Gasteiger partial charge in [-0.25, -0.2) is 0 Å². The van der Waals surface area contributed by atoms with Crippen LogP contribution in [0.3, 0.4) is 0 Å². The molecule has 1 heterocycles. The van der Waals surface area contributed by atoms with Crippen molar-refractivity contribution in [3.63, 3.8) is 0 Å². The van der Waals surface area contributed by atoms with E-state index in [4.69, 9.17) is 5.11 Å². The van der Waals surface area contributed by atoms with E-state index in [1.807, 2.05) is 28.1 Å². The highest BCUT2D eigenvalue weighted by Crippen LogP contribution is 2.08. The highest BCUT2D eigenvalue weighted by atomic mass is 16.4. The molecule has 7 nitrogen and oxygen atoms in total. The lowest BCUT2D eigenvalue weighted by Crippen LogP contribution is -2.49. The lowest BCUT2D eigenvalue weighted by Gasteiger charge is -2.29. The number of aryl methyl sites for hydroxylation is 2. The van der Waals surface area contributed by atoms with Crippen LogP contribution in [0.1, 0.15) is 35.8 Å². The van der Waals surface area contributed by atoms with Crippen molar-refractivity contribution in [3.05, 3.63) is 17.5 Å². The first kappa shape index (κ1) is 18.2. The van der Waals surface area contributed by atoms with Gasteiger partial charge in [0.1, 0.15) is 0 Å². The quantitative estimate of drug-likeness (QED) is 0.698. The summed E-state index contributed by atoms with van der Waals surface area (Å²) in [4.78, 5) is 23.4. The standard InChI is InChI=1S/C15H26N4O3/c1-6-7-18-9-13(11(2)17-18)15(22)16-12(8-14(20)21)10-19(3,4)5/h9,12H,6-8,10H2,1-5H3,(H-,16,20,21,22)/p+1/t12-/m1/s1. The third-order valence-electron chi connectivity index (χ3n) is 3.17. The van der Waals surface area contributed by atoms with E-state index in [-0.39, 0.29) is 12.3 Å². The second-order valence-electron chi connectivity index (χ2n) is 6.63. The van der Waals surface area contributed by atoms with Gasteiger partial charge in [0, 0.05) is 12.7 Å². The third-order valence-corrected chi connectivity index (χ3v) is 3.17. The molecule has 1 rings (SSSR count). The Morgan fingerprint density at radius 1 is 1.41 bits per heavy atom. The van der Waals surface area contributed by atoms with E-state index < -0.39 is 12.0 Å². The van der Waals surface area contributed by atoms with Gasteiger partial charge in [-0.05, 0) is 13.3 Å². The number of quaternary nitrogens is 1. The van der Waals surface area contributed by atoms with E-state index in [9.17, 15) is 9.59 Å². The number of carboxylic acids is 1. The smallest absolute Gasteiger partial charge is 0.305 e. The number of hydrogen-bond donors (Lipinski definition) is 2. The summed E-state index contributed by atoms with van der Waals surface area (Å²) in [6.07, 6.45) is 2.56. The van der Waals surface area contributed by atoms with E-state index in [2.05, 4.69) is 10.4 Å². The van der Waals surface area contributed by atoms with Gasteiger partial charge in [0.15, 0.2) is 0 Å². The molecule has 1 aromatic rings. The van der Waals surface area contributed by atoms with Crippen LogP contribution in [-0.4, -0.2) is 65.0 Å². The van der Waals surface area contributed by atoms with Crippen LogP contribution in [0.4, 0.5) is 0 Å². The minimum absolute atomic E-state index is 0.0938. The third kappa shape index (κ3) is 5.85. The molecule has 0 radical (unpaired) electrons. The summed E-state index contributed by atoms with van der Waals surface area (Å²) in [6, 6.07) is -0.418. The fourth-order valence-electron chi connectivity index (χ4n) is 2.38. The Morgan fingerprint density at radius 2 is 2.05 bits per heavy atom. The highest BCUT2D eigenvalue weighted by Gasteiger charge is 2.24. The van der Waals surface area contributed by atoms with Crippen LogP contribution in [0, 0.1) is 6.92 Å². The molecule has 1 atom stereocenters. The number of amides is 1. The number of hydrogen-bond acceptors (Lipinski definition) is 3. The van der Waals surface area contributed by atoms with Crippen LogP contribution in [0.5, 0.6) is 0 Å². The Bertz CT molecular complexity index is 531. The van der Waals surface area contributed by atoms with Crippen molar-refractivity contribution in [1.29, 1.82) is 0 Å². The molecule has 7 heteroatoms. The average Bonchev–Trinajstić information content (AvgIpc) is 2.67. The maximum Gasteiger partial charge on any atom is 0.305 e. The minimum atomic E-state index is -0.919. The number of carbonyl (C=O) groups excluding carboxylic acids is 1. The molecule has 0 aliphatic heterocycles. The zero-order chi connectivity index (χ0) is 16.9. The van der Waals surface area contributed by atoms with Crippen molar-refractivity contribution in [2.75, 3.05) is 27.7 Å². The van der Waals surface area contributed by atoms with Crippen molar-refractivity contribution in [1.82, 2.24) is 15.1 Å². The maximum atomic E-state index is 12.4. The van der Waals surface area contributed by atoms with Gasteiger partial charge < -0.3 is 14.9 Å². The molecule has 0 saturated carbocycles. The lowest BCUT2D eigenvalue weighted by molar-refractivity contribution is -0.871. The molecule has 0 fully saturated rings. The number of rotatable bonds is 8. The molecule has 0 aliphatic rings. The summed E-state index contributed by atoms with van der Waals surface area (Å²) in [6.45, 7) is 5.12. The first-order chi connectivity index (χ1) is 10.1. The van der Waals surface area contributed by atoms with Gasteiger partial charge in [0.25, 0.3) is 5.91 Å². The van der Waals surface area contributed by atoms with Gasteiger partial charge >= 0.3 is 5.97 Å². The van der Waals surface area contributed by atoms with Crippen molar-refractivity contribution >= 4 is 11.9 Å². The molecule has 0 aliphatic carbocycles. The Kier molecular flexibility index (Phi) is 6.11. The summed E-state index contributed by atoms with van der Waals surface area (Å²) < 4.78 is 2.32. The Balaban J connectivity index is 2.83. The summed E-state index contributed by atoms with van der Waals surface area (Å²) in [5.41, 5.74) is 1.16. The summed E-state index contributed by atoms with van der Waals surface area (Å²) >= 11 is 0. The van der Waals surface area contributed by atoms with E-state index >= 15 is 0 Å². The van der Waals surface area contributed by atoms with Gasteiger partial charge in [-0.15, -0.1) is 0 Å².